The molecule has 1 aromatic heterocycles. The van der Waals surface area contributed by atoms with Crippen molar-refractivity contribution in [1.29, 1.82) is 0 Å². The minimum atomic E-state index is 0.218. The number of halogens is 1. The number of hydrogen-bond donors (Lipinski definition) is 1. The molecule has 0 bridgehead atoms. The van der Waals surface area contributed by atoms with E-state index < -0.39 is 0 Å². The van der Waals surface area contributed by atoms with Gasteiger partial charge in [-0.05, 0) is 34.7 Å². The van der Waals surface area contributed by atoms with Crippen LogP contribution in [0.25, 0.3) is 0 Å². The summed E-state index contributed by atoms with van der Waals surface area (Å²) in [4.78, 5) is 1.37. The van der Waals surface area contributed by atoms with Crippen LogP contribution < -0.4 is 5.73 Å². The van der Waals surface area contributed by atoms with Crippen LogP contribution in [0.2, 0.25) is 0 Å². The highest BCUT2D eigenvalue weighted by molar-refractivity contribution is 9.10. The maximum absolute atomic E-state index is 5.93. The van der Waals surface area contributed by atoms with Crippen LogP contribution >= 0.6 is 39.0 Å². The lowest BCUT2D eigenvalue weighted by Gasteiger charge is -2.17. The molecule has 0 aromatic carbocycles. The molecule has 13 heavy (non-hydrogen) atoms. The first-order chi connectivity index (χ1) is 6.15. The Morgan fingerprint density at radius 2 is 2.38 bits per heavy atom. The predicted molar refractivity (Wildman–Crippen MR) is 66.5 cm³/mol. The molecule has 0 amide bonds. The Morgan fingerprint density at radius 1 is 1.69 bits per heavy atom. The average Bonchev–Trinajstić information content (AvgIpc) is 2.46. The zero-order valence-corrected chi connectivity index (χ0v) is 11.0. The van der Waals surface area contributed by atoms with E-state index in [0.717, 1.165) is 10.2 Å². The maximum Gasteiger partial charge on any atom is 0.0539 e. The van der Waals surface area contributed by atoms with Gasteiger partial charge in [-0.25, -0.2) is 0 Å². The number of thioether (sulfide) groups is 1. The van der Waals surface area contributed by atoms with Crippen molar-refractivity contribution in [2.24, 2.45) is 5.73 Å². The highest BCUT2D eigenvalue weighted by Crippen LogP contribution is 2.36. The van der Waals surface area contributed by atoms with E-state index in [2.05, 4.69) is 41.2 Å². The maximum atomic E-state index is 5.93. The van der Waals surface area contributed by atoms with Gasteiger partial charge in [-0.15, -0.1) is 11.3 Å². The Bertz CT molecular complexity index is 260. The molecular weight excluding hydrogens is 266 g/mol. The molecule has 0 fully saturated rings. The standard InChI is InChI=1S/C9H14BrNS2/c1-3-12-9(6(2)11)8-4-7(10)5-13-8/h4-6,9H,3,11H2,1-2H3. The lowest BCUT2D eigenvalue weighted by atomic mass is 10.2. The second-order valence-corrected chi connectivity index (χ2v) is 6.18. The second kappa shape index (κ2) is 5.39. The fraction of sp³-hybridized carbons (Fsp3) is 0.556. The summed E-state index contributed by atoms with van der Waals surface area (Å²) in [5.41, 5.74) is 5.93. The molecule has 1 rings (SSSR count). The van der Waals surface area contributed by atoms with Crippen molar-refractivity contribution in [2.75, 3.05) is 5.75 Å². The van der Waals surface area contributed by atoms with Crippen LogP contribution in [0.4, 0.5) is 0 Å². The van der Waals surface area contributed by atoms with Gasteiger partial charge in [0, 0.05) is 20.8 Å². The third kappa shape index (κ3) is 3.27. The van der Waals surface area contributed by atoms with Crippen LogP contribution in [0, 0.1) is 0 Å². The van der Waals surface area contributed by atoms with E-state index in [4.69, 9.17) is 5.73 Å². The molecule has 0 radical (unpaired) electrons. The molecular formula is C9H14BrNS2. The van der Waals surface area contributed by atoms with Crippen molar-refractivity contribution in [2.45, 2.75) is 25.1 Å². The zero-order chi connectivity index (χ0) is 9.84. The van der Waals surface area contributed by atoms with Gasteiger partial charge in [-0.2, -0.15) is 11.8 Å². The van der Waals surface area contributed by atoms with Gasteiger partial charge in [0.05, 0.1) is 5.25 Å². The van der Waals surface area contributed by atoms with Crippen molar-refractivity contribution in [3.8, 4) is 0 Å². The SMILES string of the molecule is CCSC(c1cc(Br)cs1)C(C)N. The van der Waals surface area contributed by atoms with Crippen LogP contribution in [-0.4, -0.2) is 11.8 Å². The molecule has 2 unspecified atom stereocenters. The quantitative estimate of drug-likeness (QED) is 0.911. The third-order valence-electron chi connectivity index (χ3n) is 1.69. The van der Waals surface area contributed by atoms with Gasteiger partial charge in [-0.1, -0.05) is 6.92 Å². The fourth-order valence-corrected chi connectivity index (χ4v) is 3.95. The third-order valence-corrected chi connectivity index (χ3v) is 4.99. The van der Waals surface area contributed by atoms with E-state index in [1.165, 1.54) is 4.88 Å². The highest BCUT2D eigenvalue weighted by atomic mass is 79.9. The summed E-state index contributed by atoms with van der Waals surface area (Å²) in [6.45, 7) is 4.24. The topological polar surface area (TPSA) is 26.0 Å². The smallest absolute Gasteiger partial charge is 0.0539 e. The van der Waals surface area contributed by atoms with Gasteiger partial charge in [-0.3, -0.25) is 0 Å². The van der Waals surface area contributed by atoms with Gasteiger partial charge in [0.2, 0.25) is 0 Å². The lowest BCUT2D eigenvalue weighted by molar-refractivity contribution is 0.730. The zero-order valence-electron chi connectivity index (χ0n) is 7.79. The van der Waals surface area contributed by atoms with Crippen molar-refractivity contribution in [1.82, 2.24) is 0 Å². The summed E-state index contributed by atoms with van der Waals surface area (Å²) in [5.74, 6) is 1.11. The lowest BCUT2D eigenvalue weighted by Crippen LogP contribution is -2.22. The summed E-state index contributed by atoms with van der Waals surface area (Å²) in [5, 5.41) is 2.56. The van der Waals surface area contributed by atoms with Crippen LogP contribution in [0.15, 0.2) is 15.9 Å². The first-order valence-corrected chi connectivity index (χ1v) is 6.98. The number of thiophene rings is 1. The van der Waals surface area contributed by atoms with Gasteiger partial charge in [0.1, 0.15) is 0 Å². The van der Waals surface area contributed by atoms with Crippen molar-refractivity contribution >= 4 is 39.0 Å². The van der Waals surface area contributed by atoms with E-state index in [1.807, 2.05) is 11.8 Å². The predicted octanol–water partition coefficient (Wildman–Crippen LogP) is 3.65. The van der Waals surface area contributed by atoms with Gasteiger partial charge < -0.3 is 5.73 Å². The first kappa shape index (κ1) is 11.6. The highest BCUT2D eigenvalue weighted by Gasteiger charge is 2.17. The first-order valence-electron chi connectivity index (χ1n) is 4.26. The minimum Gasteiger partial charge on any atom is -0.327 e. The average molecular weight is 280 g/mol. The summed E-state index contributed by atoms with van der Waals surface area (Å²) in [6, 6.07) is 2.39. The molecule has 2 atom stereocenters. The molecule has 0 aliphatic heterocycles. The molecule has 2 N–H and O–H groups in total. The molecule has 74 valence electrons. The largest absolute Gasteiger partial charge is 0.327 e. The molecule has 0 saturated carbocycles. The molecule has 1 nitrogen and oxygen atoms in total. The van der Waals surface area contributed by atoms with E-state index in [9.17, 15) is 0 Å². The summed E-state index contributed by atoms with van der Waals surface area (Å²) in [6.07, 6.45) is 0. The molecule has 1 heterocycles. The molecule has 1 aromatic rings. The van der Waals surface area contributed by atoms with Crippen molar-refractivity contribution in [3.63, 3.8) is 0 Å². The molecule has 0 saturated heterocycles. The molecule has 4 heteroatoms. The summed E-state index contributed by atoms with van der Waals surface area (Å²) < 4.78 is 1.16. The van der Waals surface area contributed by atoms with Crippen LogP contribution in [0.1, 0.15) is 24.0 Å². The number of rotatable bonds is 4. The summed E-state index contributed by atoms with van der Waals surface area (Å²) in [7, 11) is 0. The Hall–Kier alpha value is 0.490. The Balaban J connectivity index is 2.75. The molecule has 0 aliphatic carbocycles. The fourth-order valence-electron chi connectivity index (χ4n) is 1.15. The van der Waals surface area contributed by atoms with E-state index in [1.54, 1.807) is 11.3 Å². The number of nitrogens with two attached hydrogens (primary N) is 1. The van der Waals surface area contributed by atoms with Crippen LogP contribution in [-0.2, 0) is 0 Å². The number of hydrogen-bond acceptors (Lipinski definition) is 3. The minimum absolute atomic E-state index is 0.218. The monoisotopic (exact) mass is 279 g/mol. The van der Waals surface area contributed by atoms with Gasteiger partial charge in [0.25, 0.3) is 0 Å². The molecule has 0 spiro atoms. The molecule has 0 aliphatic rings. The Kier molecular flexibility index (Phi) is 4.80. The Morgan fingerprint density at radius 3 is 2.77 bits per heavy atom. The van der Waals surface area contributed by atoms with Gasteiger partial charge in [0.15, 0.2) is 0 Å². The normalized spacial score (nSPS) is 15.7. The van der Waals surface area contributed by atoms with Gasteiger partial charge >= 0.3 is 0 Å². The second-order valence-electron chi connectivity index (χ2n) is 2.90. The summed E-state index contributed by atoms with van der Waals surface area (Å²) >= 11 is 7.15. The van der Waals surface area contributed by atoms with Crippen molar-refractivity contribution in [3.05, 3.63) is 20.8 Å². The van der Waals surface area contributed by atoms with Crippen molar-refractivity contribution < 1.29 is 0 Å². The van der Waals surface area contributed by atoms with Crippen LogP contribution in [0.3, 0.4) is 0 Å². The van der Waals surface area contributed by atoms with E-state index in [0.29, 0.717) is 5.25 Å². The van der Waals surface area contributed by atoms with E-state index >= 15 is 0 Å². The Labute approximate surface area is 96.2 Å². The van der Waals surface area contributed by atoms with E-state index in [-0.39, 0.29) is 6.04 Å². The van der Waals surface area contributed by atoms with Crippen LogP contribution in [0.5, 0.6) is 0 Å².